The van der Waals surface area contributed by atoms with Crippen LogP contribution in [0.4, 0.5) is 0 Å². The predicted octanol–water partition coefficient (Wildman–Crippen LogP) is 23.5. The molecule has 2 heteroatoms. The van der Waals surface area contributed by atoms with Gasteiger partial charge in [-0.25, -0.2) is 0 Å². The van der Waals surface area contributed by atoms with Crippen molar-refractivity contribution in [3.8, 4) is 123 Å². The Morgan fingerprint density at radius 2 is 0.489 bits per heavy atom. The van der Waals surface area contributed by atoms with Crippen LogP contribution in [0.2, 0.25) is 0 Å². The third-order valence-corrected chi connectivity index (χ3v) is 19.8. The average molecular weight is 1150 g/mol. The van der Waals surface area contributed by atoms with Gasteiger partial charge in [0.15, 0.2) is 0 Å². The molecule has 2 aromatic heterocycles. The summed E-state index contributed by atoms with van der Waals surface area (Å²) in [6.07, 6.45) is 0. The predicted molar refractivity (Wildman–Crippen MR) is 379 cm³/mol. The second-order valence-corrected chi connectivity index (χ2v) is 25.6. The molecule has 13 aromatic carbocycles. The van der Waals surface area contributed by atoms with Crippen molar-refractivity contribution < 1.29 is 0 Å². The number of fused-ring (bicyclic) bond motifs is 8. The Morgan fingerprint density at radius 1 is 0.200 bits per heavy atom. The summed E-state index contributed by atoms with van der Waals surface area (Å²) < 4.78 is 4.82. The highest BCUT2D eigenvalue weighted by Crippen LogP contribution is 2.54. The van der Waals surface area contributed by atoms with Gasteiger partial charge in [-0.3, -0.25) is 0 Å². The van der Waals surface area contributed by atoms with Gasteiger partial charge in [0, 0.05) is 22.2 Å². The van der Waals surface area contributed by atoms with Crippen LogP contribution in [0, 0.1) is 0 Å². The lowest BCUT2D eigenvalue weighted by Gasteiger charge is -2.24. The first-order valence-electron chi connectivity index (χ1n) is 31.6. The molecule has 0 saturated heterocycles. The van der Waals surface area contributed by atoms with Crippen molar-refractivity contribution in [1.82, 2.24) is 9.13 Å². The molecule has 0 atom stereocenters. The first-order valence-corrected chi connectivity index (χ1v) is 31.6. The van der Waals surface area contributed by atoms with Crippen molar-refractivity contribution in [1.29, 1.82) is 0 Å². The monoisotopic (exact) mass is 1150 g/mol. The Kier molecular flexibility index (Phi) is 12.3. The van der Waals surface area contributed by atoms with Crippen molar-refractivity contribution in [3.05, 3.63) is 338 Å². The minimum Gasteiger partial charge on any atom is -0.309 e. The molecular weight excluding hydrogens is 1080 g/mol. The molecule has 90 heavy (non-hydrogen) atoms. The summed E-state index contributed by atoms with van der Waals surface area (Å²) in [6, 6.07) is 118. The molecule has 426 valence electrons. The lowest BCUT2D eigenvalue weighted by Crippen LogP contribution is -2.15. The molecule has 17 rings (SSSR count). The highest BCUT2D eigenvalue weighted by molar-refractivity contribution is 6.23. The maximum Gasteiger partial charge on any atom is 0.0535 e. The zero-order valence-electron chi connectivity index (χ0n) is 50.9. The fourth-order valence-electron chi connectivity index (χ4n) is 15.3. The zero-order chi connectivity index (χ0) is 60.2. The minimum absolute atomic E-state index is 0.171. The lowest BCUT2D eigenvalue weighted by atomic mass is 9.79. The molecular formula is C88H64N2. The van der Waals surface area contributed by atoms with Crippen LogP contribution in [-0.2, 0) is 10.8 Å². The van der Waals surface area contributed by atoms with Crippen molar-refractivity contribution in [2.24, 2.45) is 0 Å². The zero-order valence-corrected chi connectivity index (χ0v) is 50.9. The van der Waals surface area contributed by atoms with Gasteiger partial charge in [-0.05, 0) is 206 Å². The fourth-order valence-corrected chi connectivity index (χ4v) is 15.3. The van der Waals surface area contributed by atoms with E-state index in [4.69, 9.17) is 0 Å². The minimum atomic E-state index is -0.191. The Morgan fingerprint density at radius 3 is 0.844 bits per heavy atom. The van der Waals surface area contributed by atoms with E-state index in [0.717, 1.165) is 45.3 Å². The van der Waals surface area contributed by atoms with E-state index in [2.05, 4.69) is 352 Å². The molecule has 0 fully saturated rings. The maximum atomic E-state index is 2.53. The quantitative estimate of drug-likeness (QED) is 0.121. The van der Waals surface area contributed by atoms with Crippen LogP contribution in [-0.4, -0.2) is 9.13 Å². The second-order valence-electron chi connectivity index (χ2n) is 25.6. The topological polar surface area (TPSA) is 9.86 Å². The Balaban J connectivity index is 0.888. The Labute approximate surface area is 526 Å². The Hall–Kier alpha value is -11.1. The molecule has 2 heterocycles. The van der Waals surface area contributed by atoms with E-state index in [1.807, 2.05) is 0 Å². The first-order chi connectivity index (χ1) is 44.2. The van der Waals surface area contributed by atoms with Gasteiger partial charge in [0.05, 0.1) is 22.8 Å². The van der Waals surface area contributed by atoms with Crippen LogP contribution in [0.1, 0.15) is 49.9 Å². The smallest absolute Gasteiger partial charge is 0.0535 e. The second kappa shape index (κ2) is 20.8. The number of aromatic nitrogens is 2. The molecule has 15 aromatic rings. The van der Waals surface area contributed by atoms with Gasteiger partial charge in [-0.2, -0.15) is 0 Å². The van der Waals surface area contributed by atoms with Gasteiger partial charge in [-0.15, -0.1) is 0 Å². The summed E-state index contributed by atoms with van der Waals surface area (Å²) in [5, 5.41) is 4.91. The van der Waals surface area contributed by atoms with Crippen molar-refractivity contribution in [2.45, 2.75) is 38.5 Å². The fraction of sp³-hybridized carbons (Fsp3) is 0.0682. The molecule has 0 spiro atoms. The number of hydrogen-bond acceptors (Lipinski definition) is 0. The average Bonchev–Trinajstić information content (AvgIpc) is 1.35. The molecule has 0 bridgehead atoms. The van der Waals surface area contributed by atoms with Crippen LogP contribution < -0.4 is 0 Å². The van der Waals surface area contributed by atoms with E-state index in [-0.39, 0.29) is 10.8 Å². The van der Waals surface area contributed by atoms with Gasteiger partial charge in [-0.1, -0.05) is 270 Å². The van der Waals surface area contributed by atoms with Crippen LogP contribution in [0.5, 0.6) is 0 Å². The molecule has 0 aliphatic heterocycles. The van der Waals surface area contributed by atoms with Gasteiger partial charge in [0.1, 0.15) is 0 Å². The van der Waals surface area contributed by atoms with E-state index in [0.29, 0.717) is 0 Å². The summed E-state index contributed by atoms with van der Waals surface area (Å²) in [5.74, 6) is 0. The molecule has 2 aliphatic rings. The molecule has 2 nitrogen and oxygen atoms in total. The van der Waals surface area contributed by atoms with Crippen LogP contribution >= 0.6 is 0 Å². The van der Waals surface area contributed by atoms with E-state index < -0.39 is 0 Å². The first kappa shape index (κ1) is 53.2. The van der Waals surface area contributed by atoms with E-state index in [9.17, 15) is 0 Å². The molecule has 0 N–H and O–H groups in total. The van der Waals surface area contributed by atoms with Gasteiger partial charge < -0.3 is 9.13 Å². The van der Waals surface area contributed by atoms with Crippen molar-refractivity contribution in [3.63, 3.8) is 0 Å². The van der Waals surface area contributed by atoms with Gasteiger partial charge in [0.2, 0.25) is 0 Å². The SMILES string of the molecule is CC1(C)c2ccccc2-c2ccc(-c3c4ccc(-c5ccc(-n6c(-c7ccccc7)ccc6-c6ccccc6)cc5)cc4c(-c4ccc5c(c4)C(C)(C)c4ccccc4-5)c4cc(-c5ccc(-n6c(-c7ccccc7)ccc6-c6ccccc6)cc5)ccc34)cc21. The van der Waals surface area contributed by atoms with E-state index >= 15 is 0 Å². The number of rotatable bonds is 10. The summed E-state index contributed by atoms with van der Waals surface area (Å²) in [6.45, 7) is 9.59. The van der Waals surface area contributed by atoms with Crippen LogP contribution in [0.3, 0.4) is 0 Å². The molecule has 0 saturated carbocycles. The van der Waals surface area contributed by atoms with Crippen molar-refractivity contribution >= 4 is 21.5 Å². The lowest BCUT2D eigenvalue weighted by molar-refractivity contribution is 0.660. The van der Waals surface area contributed by atoms with Crippen molar-refractivity contribution in [2.75, 3.05) is 0 Å². The maximum absolute atomic E-state index is 2.53. The number of benzene rings is 13. The summed E-state index contributed by atoms with van der Waals surface area (Å²) in [4.78, 5) is 0. The normalized spacial score (nSPS) is 13.3. The standard InChI is InChI=1S/C88H64N2/c1-87(2)77-31-19-17-29-69(77)71-45-39-65(55-79(71)87)85-73-47-37-63(57-33-41-67(42-34-57)89-81(59-21-9-5-10-22-59)49-50-82(89)60-23-11-6-12-24-60)53-75(73)86(66-40-46-72-70-30-18-20-32-78(70)88(3,4)80(72)56-66)76-54-64(38-48-74(76)85)58-35-43-68(44-36-58)90-83(61-25-13-7-14-26-61)51-52-84(90)62-27-15-8-16-28-62/h5-56H,1-4H3. The van der Waals surface area contributed by atoms with Gasteiger partial charge >= 0.3 is 0 Å². The molecule has 0 unspecified atom stereocenters. The summed E-state index contributed by atoms with van der Waals surface area (Å²) >= 11 is 0. The van der Waals surface area contributed by atoms with Crippen LogP contribution in [0.25, 0.3) is 145 Å². The molecule has 0 radical (unpaired) electrons. The summed E-state index contributed by atoms with van der Waals surface area (Å²) in [7, 11) is 0. The number of hydrogen-bond donors (Lipinski definition) is 0. The highest BCUT2D eigenvalue weighted by atomic mass is 15.0. The largest absolute Gasteiger partial charge is 0.309 e. The third-order valence-electron chi connectivity index (χ3n) is 19.8. The van der Waals surface area contributed by atoms with E-state index in [1.165, 1.54) is 122 Å². The van der Waals surface area contributed by atoms with Crippen LogP contribution in [0.15, 0.2) is 315 Å². The third kappa shape index (κ3) is 8.47. The molecule has 2 aliphatic carbocycles. The number of nitrogens with zero attached hydrogens (tertiary/aromatic N) is 2. The van der Waals surface area contributed by atoms with Gasteiger partial charge in [0.25, 0.3) is 0 Å². The Bertz CT molecular complexity index is 4950. The molecule has 0 amide bonds. The summed E-state index contributed by atoms with van der Waals surface area (Å²) in [5.41, 5.74) is 31.5. The van der Waals surface area contributed by atoms with E-state index in [1.54, 1.807) is 0 Å². The highest BCUT2D eigenvalue weighted by Gasteiger charge is 2.37.